The van der Waals surface area contributed by atoms with Gasteiger partial charge in [-0.1, -0.05) is 32.6 Å². The number of rotatable bonds is 7. The van der Waals surface area contributed by atoms with Crippen LogP contribution >= 0.6 is 0 Å². The van der Waals surface area contributed by atoms with Crippen molar-refractivity contribution in [3.63, 3.8) is 0 Å². The molecule has 0 radical (unpaired) electrons. The van der Waals surface area contributed by atoms with E-state index in [2.05, 4.69) is 17.1 Å². The van der Waals surface area contributed by atoms with Crippen LogP contribution in [0.2, 0.25) is 0 Å². The second-order valence-electron chi connectivity index (χ2n) is 3.56. The first-order chi connectivity index (χ1) is 7.33. The first-order valence-electron chi connectivity index (χ1n) is 5.55. The van der Waals surface area contributed by atoms with Gasteiger partial charge < -0.3 is 10.5 Å². The van der Waals surface area contributed by atoms with Crippen LogP contribution in [0.3, 0.4) is 0 Å². The molecule has 0 atom stereocenters. The molecule has 0 saturated carbocycles. The summed E-state index contributed by atoms with van der Waals surface area (Å²) >= 11 is 0. The summed E-state index contributed by atoms with van der Waals surface area (Å²) in [6, 6.07) is 3.44. The van der Waals surface area contributed by atoms with Gasteiger partial charge in [-0.3, -0.25) is 0 Å². The van der Waals surface area contributed by atoms with Crippen molar-refractivity contribution in [1.29, 1.82) is 0 Å². The standard InChI is InChI=1S/C11H19N3O/c1-2-3-4-5-6-9-15-11-8-7-10(12)13-14-11/h7-8H,2-6,9H2,1H3,(H2,12,13). The molecule has 4 nitrogen and oxygen atoms in total. The zero-order valence-electron chi connectivity index (χ0n) is 9.28. The fourth-order valence-corrected chi connectivity index (χ4v) is 1.29. The molecule has 0 unspecified atom stereocenters. The summed E-state index contributed by atoms with van der Waals surface area (Å²) in [5.74, 6) is 0.977. The van der Waals surface area contributed by atoms with Gasteiger partial charge in [0.1, 0.15) is 5.82 Å². The van der Waals surface area contributed by atoms with Crippen molar-refractivity contribution < 1.29 is 4.74 Å². The van der Waals surface area contributed by atoms with E-state index < -0.39 is 0 Å². The van der Waals surface area contributed by atoms with Crippen molar-refractivity contribution in [3.8, 4) is 5.88 Å². The van der Waals surface area contributed by atoms with Gasteiger partial charge in [-0.05, 0) is 12.5 Å². The van der Waals surface area contributed by atoms with E-state index in [4.69, 9.17) is 10.5 Å². The van der Waals surface area contributed by atoms with Gasteiger partial charge in [0.25, 0.3) is 0 Å². The van der Waals surface area contributed by atoms with E-state index in [1.54, 1.807) is 12.1 Å². The highest BCUT2D eigenvalue weighted by Gasteiger charge is 1.95. The average molecular weight is 209 g/mol. The number of hydrogen-bond acceptors (Lipinski definition) is 4. The molecule has 0 fully saturated rings. The van der Waals surface area contributed by atoms with Crippen molar-refractivity contribution in [2.75, 3.05) is 12.3 Å². The SMILES string of the molecule is CCCCCCCOc1ccc(N)nn1. The number of unbranched alkanes of at least 4 members (excludes halogenated alkanes) is 4. The quantitative estimate of drug-likeness (QED) is 0.700. The van der Waals surface area contributed by atoms with Gasteiger partial charge >= 0.3 is 0 Å². The predicted molar refractivity (Wildman–Crippen MR) is 60.7 cm³/mol. The molecule has 0 aliphatic heterocycles. The Morgan fingerprint density at radius 3 is 2.60 bits per heavy atom. The first-order valence-corrected chi connectivity index (χ1v) is 5.55. The van der Waals surface area contributed by atoms with E-state index in [9.17, 15) is 0 Å². The van der Waals surface area contributed by atoms with Gasteiger partial charge in [-0.15, -0.1) is 10.2 Å². The van der Waals surface area contributed by atoms with Crippen LogP contribution in [0.1, 0.15) is 39.0 Å². The van der Waals surface area contributed by atoms with Gasteiger partial charge in [-0.25, -0.2) is 0 Å². The molecule has 1 aromatic heterocycles. The third-order valence-electron chi connectivity index (χ3n) is 2.16. The van der Waals surface area contributed by atoms with Gasteiger partial charge in [0.15, 0.2) is 0 Å². The second-order valence-corrected chi connectivity index (χ2v) is 3.56. The molecule has 1 heterocycles. The molecule has 84 valence electrons. The molecular weight excluding hydrogens is 190 g/mol. The van der Waals surface area contributed by atoms with Crippen molar-refractivity contribution in [2.45, 2.75) is 39.0 Å². The highest BCUT2D eigenvalue weighted by molar-refractivity contribution is 5.27. The van der Waals surface area contributed by atoms with Crippen LogP contribution in [0.15, 0.2) is 12.1 Å². The maximum atomic E-state index is 5.41. The van der Waals surface area contributed by atoms with Crippen LogP contribution in [-0.4, -0.2) is 16.8 Å². The van der Waals surface area contributed by atoms with Crippen LogP contribution in [0, 0.1) is 0 Å². The molecule has 0 bridgehead atoms. The summed E-state index contributed by atoms with van der Waals surface area (Å²) < 4.78 is 5.41. The summed E-state index contributed by atoms with van der Waals surface area (Å²) in [5, 5.41) is 7.53. The molecule has 4 heteroatoms. The lowest BCUT2D eigenvalue weighted by Gasteiger charge is -2.03. The number of nitrogens with zero attached hydrogens (tertiary/aromatic N) is 2. The Bertz CT molecular complexity index is 261. The highest BCUT2D eigenvalue weighted by Crippen LogP contribution is 2.07. The Labute approximate surface area is 90.8 Å². The molecule has 2 N–H and O–H groups in total. The van der Waals surface area contributed by atoms with Crippen molar-refractivity contribution in [2.24, 2.45) is 0 Å². The number of ether oxygens (including phenoxy) is 1. The van der Waals surface area contributed by atoms with E-state index >= 15 is 0 Å². The summed E-state index contributed by atoms with van der Waals surface area (Å²) in [5.41, 5.74) is 5.41. The molecule has 0 amide bonds. The Morgan fingerprint density at radius 1 is 1.13 bits per heavy atom. The lowest BCUT2D eigenvalue weighted by Crippen LogP contribution is -2.01. The lowest BCUT2D eigenvalue weighted by molar-refractivity contribution is 0.290. The third-order valence-corrected chi connectivity index (χ3v) is 2.16. The highest BCUT2D eigenvalue weighted by atomic mass is 16.5. The summed E-state index contributed by atoms with van der Waals surface area (Å²) in [6.45, 7) is 2.92. The minimum absolute atomic E-state index is 0.422. The minimum atomic E-state index is 0.422. The lowest BCUT2D eigenvalue weighted by atomic mass is 10.2. The van der Waals surface area contributed by atoms with E-state index in [-0.39, 0.29) is 0 Å². The molecule has 0 aliphatic carbocycles. The molecule has 0 aliphatic rings. The summed E-state index contributed by atoms with van der Waals surface area (Å²) in [7, 11) is 0. The largest absolute Gasteiger partial charge is 0.477 e. The number of nitrogen functional groups attached to an aromatic ring is 1. The van der Waals surface area contributed by atoms with Crippen molar-refractivity contribution in [1.82, 2.24) is 10.2 Å². The maximum absolute atomic E-state index is 5.41. The smallest absolute Gasteiger partial charge is 0.233 e. The maximum Gasteiger partial charge on any atom is 0.233 e. The van der Waals surface area contributed by atoms with E-state index in [0.717, 1.165) is 6.42 Å². The number of aromatic nitrogens is 2. The van der Waals surface area contributed by atoms with Gasteiger partial charge in [0.2, 0.25) is 5.88 Å². The van der Waals surface area contributed by atoms with E-state index in [1.807, 2.05) is 0 Å². The molecule has 0 saturated heterocycles. The molecule has 15 heavy (non-hydrogen) atoms. The topological polar surface area (TPSA) is 61.0 Å². The molecule has 1 rings (SSSR count). The van der Waals surface area contributed by atoms with E-state index in [0.29, 0.717) is 18.3 Å². The zero-order chi connectivity index (χ0) is 10.9. The van der Waals surface area contributed by atoms with Crippen LogP contribution in [-0.2, 0) is 0 Å². The monoisotopic (exact) mass is 209 g/mol. The van der Waals surface area contributed by atoms with Crippen LogP contribution in [0.4, 0.5) is 5.82 Å². The van der Waals surface area contributed by atoms with Gasteiger partial charge in [0, 0.05) is 6.07 Å². The third kappa shape index (κ3) is 5.20. The average Bonchev–Trinajstić information content (AvgIpc) is 2.26. The summed E-state index contributed by atoms with van der Waals surface area (Å²) in [6.07, 6.45) is 6.15. The fraction of sp³-hybridized carbons (Fsp3) is 0.636. The van der Waals surface area contributed by atoms with Crippen LogP contribution < -0.4 is 10.5 Å². The van der Waals surface area contributed by atoms with Crippen molar-refractivity contribution in [3.05, 3.63) is 12.1 Å². The Kier molecular flexibility index (Phi) is 5.51. The molecule has 0 aromatic carbocycles. The Hall–Kier alpha value is -1.32. The molecule has 0 spiro atoms. The Morgan fingerprint density at radius 2 is 1.93 bits per heavy atom. The van der Waals surface area contributed by atoms with Crippen molar-refractivity contribution >= 4 is 5.82 Å². The van der Waals surface area contributed by atoms with Gasteiger partial charge in [-0.2, -0.15) is 0 Å². The number of nitrogens with two attached hydrogens (primary N) is 1. The second kappa shape index (κ2) is 7.04. The minimum Gasteiger partial charge on any atom is -0.477 e. The normalized spacial score (nSPS) is 10.2. The molecule has 1 aromatic rings. The zero-order valence-corrected chi connectivity index (χ0v) is 9.28. The predicted octanol–water partition coefficient (Wildman–Crippen LogP) is 2.41. The number of anilines is 1. The molecular formula is C11H19N3O. The number of hydrogen-bond donors (Lipinski definition) is 1. The van der Waals surface area contributed by atoms with E-state index in [1.165, 1.54) is 25.7 Å². The van der Waals surface area contributed by atoms with Crippen LogP contribution in [0.25, 0.3) is 0 Å². The van der Waals surface area contributed by atoms with Crippen LogP contribution in [0.5, 0.6) is 5.88 Å². The summed E-state index contributed by atoms with van der Waals surface area (Å²) in [4.78, 5) is 0. The fourth-order valence-electron chi connectivity index (χ4n) is 1.29. The first kappa shape index (κ1) is 11.8. The Balaban J connectivity index is 2.07. The van der Waals surface area contributed by atoms with Gasteiger partial charge in [0.05, 0.1) is 6.61 Å².